The lowest BCUT2D eigenvalue weighted by molar-refractivity contribution is -0.127. The van der Waals surface area contributed by atoms with Gasteiger partial charge >= 0.3 is 0 Å². The molecule has 102 valence electrons. The minimum absolute atomic E-state index is 0.0295. The fraction of sp³-hybridized carbons (Fsp3) is 0.467. The molecule has 0 aliphatic carbocycles. The molecule has 0 bridgehead atoms. The molecule has 1 aromatic carbocycles. The van der Waals surface area contributed by atoms with Gasteiger partial charge in [0.05, 0.1) is 0 Å². The number of carbonyl (C=O) groups excluding carboxylic acids is 2. The second kappa shape index (κ2) is 5.87. The Hall–Kier alpha value is -1.84. The monoisotopic (exact) mass is 261 g/mol. The van der Waals surface area contributed by atoms with Crippen molar-refractivity contribution in [2.75, 3.05) is 6.54 Å². The Bertz CT molecular complexity index is 496. The van der Waals surface area contributed by atoms with Crippen molar-refractivity contribution in [2.45, 2.75) is 39.2 Å². The first-order chi connectivity index (χ1) is 9.08. The van der Waals surface area contributed by atoms with E-state index in [1.165, 1.54) is 6.92 Å². The Balaban J connectivity index is 2.14. The Labute approximate surface area is 113 Å². The zero-order valence-corrected chi connectivity index (χ0v) is 11.4. The van der Waals surface area contributed by atoms with Crippen molar-refractivity contribution in [1.29, 1.82) is 0 Å². The fourth-order valence-corrected chi connectivity index (χ4v) is 2.18. The second-order valence-corrected chi connectivity index (χ2v) is 4.93. The summed E-state index contributed by atoms with van der Waals surface area (Å²) < 4.78 is 5.79. The standard InChI is InChI=1S/C15H19NO3/c1-10-9-12(11(2)17)6-7-13(10)19-14-5-3-4-8-16-15(14)18/h6-7,9,14H,3-5,8H2,1-2H3,(H,16,18). The quantitative estimate of drug-likeness (QED) is 0.849. The molecule has 19 heavy (non-hydrogen) atoms. The lowest BCUT2D eigenvalue weighted by atomic mass is 10.1. The number of amides is 1. The van der Waals surface area contributed by atoms with Crippen molar-refractivity contribution in [3.05, 3.63) is 29.3 Å². The van der Waals surface area contributed by atoms with Crippen LogP contribution in [0.4, 0.5) is 0 Å². The van der Waals surface area contributed by atoms with Crippen LogP contribution >= 0.6 is 0 Å². The number of rotatable bonds is 3. The van der Waals surface area contributed by atoms with E-state index in [2.05, 4.69) is 5.32 Å². The predicted molar refractivity (Wildman–Crippen MR) is 72.5 cm³/mol. The Kier molecular flexibility index (Phi) is 4.20. The fourth-order valence-electron chi connectivity index (χ4n) is 2.18. The molecule has 1 amide bonds. The molecule has 1 unspecified atom stereocenters. The van der Waals surface area contributed by atoms with Gasteiger partial charge in [-0.15, -0.1) is 0 Å². The molecular weight excluding hydrogens is 242 g/mol. The van der Waals surface area contributed by atoms with Crippen LogP contribution in [0.2, 0.25) is 0 Å². The predicted octanol–water partition coefficient (Wildman–Crippen LogP) is 2.25. The van der Waals surface area contributed by atoms with Crippen molar-refractivity contribution in [3.63, 3.8) is 0 Å². The topological polar surface area (TPSA) is 55.4 Å². The highest BCUT2D eigenvalue weighted by molar-refractivity contribution is 5.94. The van der Waals surface area contributed by atoms with Crippen LogP contribution in [0.5, 0.6) is 5.75 Å². The van der Waals surface area contributed by atoms with E-state index in [0.717, 1.165) is 31.4 Å². The Morgan fingerprint density at radius 3 is 2.84 bits per heavy atom. The van der Waals surface area contributed by atoms with Crippen LogP contribution in [0.25, 0.3) is 0 Å². The summed E-state index contributed by atoms with van der Waals surface area (Å²) in [5, 5.41) is 2.85. The normalized spacial score (nSPS) is 19.5. The van der Waals surface area contributed by atoms with E-state index in [-0.39, 0.29) is 11.7 Å². The van der Waals surface area contributed by atoms with Gasteiger partial charge in [0.1, 0.15) is 5.75 Å². The van der Waals surface area contributed by atoms with Gasteiger partial charge in [-0.25, -0.2) is 0 Å². The first-order valence-electron chi connectivity index (χ1n) is 6.64. The summed E-state index contributed by atoms with van der Waals surface area (Å²) in [6.45, 7) is 4.14. The molecule has 2 rings (SSSR count). The zero-order chi connectivity index (χ0) is 13.8. The van der Waals surface area contributed by atoms with Gasteiger partial charge < -0.3 is 10.1 Å². The smallest absolute Gasteiger partial charge is 0.261 e. The van der Waals surface area contributed by atoms with Gasteiger partial charge in [-0.05, 0) is 56.9 Å². The van der Waals surface area contributed by atoms with E-state index >= 15 is 0 Å². The molecular formula is C15H19NO3. The first kappa shape index (κ1) is 13.6. The molecule has 4 heteroatoms. The van der Waals surface area contributed by atoms with E-state index in [1.54, 1.807) is 18.2 Å². The van der Waals surface area contributed by atoms with Crippen molar-refractivity contribution < 1.29 is 14.3 Å². The molecule has 0 saturated carbocycles. The molecule has 1 aliphatic rings. The Morgan fingerprint density at radius 2 is 2.16 bits per heavy atom. The summed E-state index contributed by atoms with van der Waals surface area (Å²) in [6.07, 6.45) is 2.28. The summed E-state index contributed by atoms with van der Waals surface area (Å²) in [7, 11) is 0. The van der Waals surface area contributed by atoms with Crippen LogP contribution in [0.3, 0.4) is 0 Å². The molecule has 1 atom stereocenters. The molecule has 1 aliphatic heterocycles. The average Bonchev–Trinajstić information content (AvgIpc) is 2.57. The summed E-state index contributed by atoms with van der Waals surface area (Å²) >= 11 is 0. The molecule has 1 N–H and O–H groups in total. The maximum Gasteiger partial charge on any atom is 0.261 e. The number of benzene rings is 1. The number of aryl methyl sites for hydroxylation is 1. The van der Waals surface area contributed by atoms with E-state index in [1.807, 2.05) is 6.92 Å². The van der Waals surface area contributed by atoms with Crippen molar-refractivity contribution in [2.24, 2.45) is 0 Å². The van der Waals surface area contributed by atoms with Crippen LogP contribution in [-0.2, 0) is 4.79 Å². The molecule has 1 aromatic rings. The largest absolute Gasteiger partial charge is 0.480 e. The van der Waals surface area contributed by atoms with Crippen LogP contribution in [-0.4, -0.2) is 24.3 Å². The molecule has 1 saturated heterocycles. The minimum atomic E-state index is -0.427. The van der Waals surface area contributed by atoms with E-state index < -0.39 is 6.10 Å². The maximum atomic E-state index is 11.8. The highest BCUT2D eigenvalue weighted by Crippen LogP contribution is 2.22. The van der Waals surface area contributed by atoms with Crippen LogP contribution in [0.1, 0.15) is 42.1 Å². The van der Waals surface area contributed by atoms with Gasteiger partial charge in [-0.1, -0.05) is 0 Å². The molecule has 0 spiro atoms. The van der Waals surface area contributed by atoms with Gasteiger partial charge in [-0.3, -0.25) is 9.59 Å². The third-order valence-electron chi connectivity index (χ3n) is 3.34. The molecule has 0 aromatic heterocycles. The molecule has 4 nitrogen and oxygen atoms in total. The lowest BCUT2D eigenvalue weighted by Gasteiger charge is -2.17. The van der Waals surface area contributed by atoms with Gasteiger partial charge in [0.2, 0.25) is 0 Å². The van der Waals surface area contributed by atoms with Gasteiger partial charge in [0, 0.05) is 12.1 Å². The maximum absolute atomic E-state index is 11.8. The Morgan fingerprint density at radius 1 is 1.37 bits per heavy atom. The van der Waals surface area contributed by atoms with Gasteiger partial charge in [-0.2, -0.15) is 0 Å². The van der Waals surface area contributed by atoms with Gasteiger partial charge in [0.15, 0.2) is 11.9 Å². The van der Waals surface area contributed by atoms with E-state index in [9.17, 15) is 9.59 Å². The summed E-state index contributed by atoms with van der Waals surface area (Å²) in [4.78, 5) is 23.1. The number of Topliss-reactive ketones (excluding diaryl/α,β-unsaturated/α-hetero) is 1. The van der Waals surface area contributed by atoms with Crippen molar-refractivity contribution >= 4 is 11.7 Å². The van der Waals surface area contributed by atoms with Gasteiger partial charge in [0.25, 0.3) is 5.91 Å². The molecule has 0 radical (unpaired) electrons. The second-order valence-electron chi connectivity index (χ2n) is 4.93. The highest BCUT2D eigenvalue weighted by Gasteiger charge is 2.22. The number of ketones is 1. The van der Waals surface area contributed by atoms with E-state index in [4.69, 9.17) is 4.74 Å². The third-order valence-corrected chi connectivity index (χ3v) is 3.34. The third kappa shape index (κ3) is 3.34. The first-order valence-corrected chi connectivity index (χ1v) is 6.64. The minimum Gasteiger partial charge on any atom is -0.480 e. The SMILES string of the molecule is CC(=O)c1ccc(OC2CCCCNC2=O)c(C)c1. The van der Waals surface area contributed by atoms with Crippen LogP contribution in [0, 0.1) is 6.92 Å². The van der Waals surface area contributed by atoms with E-state index in [0.29, 0.717) is 11.3 Å². The number of ether oxygens (including phenoxy) is 1. The van der Waals surface area contributed by atoms with Crippen LogP contribution < -0.4 is 10.1 Å². The summed E-state index contributed by atoms with van der Waals surface area (Å²) in [5.74, 6) is 0.654. The molecule has 1 fully saturated rings. The number of carbonyl (C=O) groups is 2. The zero-order valence-electron chi connectivity index (χ0n) is 11.4. The van der Waals surface area contributed by atoms with Crippen molar-refractivity contribution in [1.82, 2.24) is 5.32 Å². The number of nitrogens with one attached hydrogen (secondary N) is 1. The summed E-state index contributed by atoms with van der Waals surface area (Å²) in [6, 6.07) is 5.30. The van der Waals surface area contributed by atoms with Crippen molar-refractivity contribution in [3.8, 4) is 5.75 Å². The number of hydrogen-bond donors (Lipinski definition) is 1. The van der Waals surface area contributed by atoms with Crippen LogP contribution in [0.15, 0.2) is 18.2 Å². The number of hydrogen-bond acceptors (Lipinski definition) is 3. The molecule has 1 heterocycles. The highest BCUT2D eigenvalue weighted by atomic mass is 16.5. The summed E-state index contributed by atoms with van der Waals surface area (Å²) in [5.41, 5.74) is 1.54. The lowest BCUT2D eigenvalue weighted by Crippen LogP contribution is -2.36. The average molecular weight is 261 g/mol.